The summed E-state index contributed by atoms with van der Waals surface area (Å²) in [5.41, 5.74) is 3.01. The van der Waals surface area contributed by atoms with E-state index in [1.165, 1.54) is 6.07 Å². The lowest BCUT2D eigenvalue weighted by atomic mass is 10.1. The fourth-order valence-electron chi connectivity index (χ4n) is 2.21. The molecule has 0 fully saturated rings. The topological polar surface area (TPSA) is 37.6 Å². The molecule has 0 bridgehead atoms. The van der Waals surface area contributed by atoms with Crippen LogP contribution in [0.3, 0.4) is 0 Å². The van der Waals surface area contributed by atoms with E-state index in [1.54, 1.807) is 25.7 Å². The second-order valence-corrected chi connectivity index (χ2v) is 4.93. The van der Waals surface area contributed by atoms with Gasteiger partial charge in [0, 0.05) is 45.0 Å². The molecular weight excluding hydrogens is 271 g/mol. The molecular formula is C16H21FN2O2. The average molecular weight is 292 g/mol. The van der Waals surface area contributed by atoms with Gasteiger partial charge in [-0.3, -0.25) is 0 Å². The van der Waals surface area contributed by atoms with Crippen molar-refractivity contribution in [1.29, 1.82) is 0 Å². The highest BCUT2D eigenvalue weighted by atomic mass is 19.1. The van der Waals surface area contributed by atoms with Gasteiger partial charge in [-0.25, -0.2) is 4.39 Å². The Bertz CT molecular complexity index is 543. The van der Waals surface area contributed by atoms with Gasteiger partial charge in [-0.15, -0.1) is 0 Å². The van der Waals surface area contributed by atoms with E-state index in [-0.39, 0.29) is 5.82 Å². The lowest BCUT2D eigenvalue weighted by molar-refractivity contribution is 0.199. The van der Waals surface area contributed by atoms with E-state index in [0.29, 0.717) is 19.7 Å². The van der Waals surface area contributed by atoms with Crippen molar-refractivity contribution in [2.24, 2.45) is 0 Å². The van der Waals surface area contributed by atoms with Gasteiger partial charge in [-0.05, 0) is 29.8 Å². The molecule has 0 aliphatic rings. The van der Waals surface area contributed by atoms with Crippen LogP contribution in [0.1, 0.15) is 11.1 Å². The van der Waals surface area contributed by atoms with Crippen molar-refractivity contribution in [2.45, 2.75) is 13.1 Å². The van der Waals surface area contributed by atoms with Crippen molar-refractivity contribution in [2.75, 3.05) is 32.2 Å². The molecule has 0 spiro atoms. The first-order chi connectivity index (χ1) is 10.2. The average Bonchev–Trinajstić information content (AvgIpc) is 2.96. The van der Waals surface area contributed by atoms with Gasteiger partial charge < -0.3 is 19.4 Å². The molecule has 1 N–H and O–H groups in total. The molecule has 0 atom stereocenters. The minimum absolute atomic E-state index is 0.223. The number of hydrogen-bond donors (Lipinski definition) is 1. The third kappa shape index (κ3) is 4.58. The smallest absolute Gasteiger partial charge is 0.123 e. The molecule has 1 heterocycles. The number of methoxy groups -OCH3 is 1. The first-order valence-corrected chi connectivity index (χ1v) is 6.91. The molecule has 0 saturated carbocycles. The van der Waals surface area contributed by atoms with Gasteiger partial charge in [0.05, 0.1) is 19.1 Å². The van der Waals surface area contributed by atoms with E-state index >= 15 is 0 Å². The summed E-state index contributed by atoms with van der Waals surface area (Å²) in [4.78, 5) is 2.08. The van der Waals surface area contributed by atoms with E-state index in [9.17, 15) is 4.39 Å². The monoisotopic (exact) mass is 292 g/mol. The predicted octanol–water partition coefficient (Wildman–Crippen LogP) is 2.79. The molecule has 0 aliphatic heterocycles. The highest BCUT2D eigenvalue weighted by molar-refractivity contribution is 5.53. The Morgan fingerprint density at radius 3 is 2.90 bits per heavy atom. The van der Waals surface area contributed by atoms with Crippen LogP contribution in [0.2, 0.25) is 0 Å². The van der Waals surface area contributed by atoms with Crippen molar-refractivity contribution in [3.8, 4) is 0 Å². The van der Waals surface area contributed by atoms with Crippen LogP contribution in [0.25, 0.3) is 0 Å². The van der Waals surface area contributed by atoms with Crippen molar-refractivity contribution >= 4 is 5.69 Å². The molecule has 4 nitrogen and oxygen atoms in total. The largest absolute Gasteiger partial charge is 0.472 e. The quantitative estimate of drug-likeness (QED) is 0.759. The minimum Gasteiger partial charge on any atom is -0.472 e. The number of ether oxygens (including phenoxy) is 1. The molecule has 0 radical (unpaired) electrons. The van der Waals surface area contributed by atoms with Crippen molar-refractivity contribution in [3.63, 3.8) is 0 Å². The maximum Gasteiger partial charge on any atom is 0.123 e. The van der Waals surface area contributed by atoms with Gasteiger partial charge in [-0.1, -0.05) is 0 Å². The maximum absolute atomic E-state index is 13.5. The van der Waals surface area contributed by atoms with E-state index in [4.69, 9.17) is 9.15 Å². The van der Waals surface area contributed by atoms with Crippen LogP contribution < -0.4 is 10.2 Å². The summed E-state index contributed by atoms with van der Waals surface area (Å²) in [6.07, 6.45) is 3.37. The third-order valence-electron chi connectivity index (χ3n) is 3.25. The van der Waals surface area contributed by atoms with Crippen LogP contribution in [0.15, 0.2) is 41.2 Å². The number of halogens is 1. The molecule has 0 amide bonds. The predicted molar refractivity (Wildman–Crippen MR) is 80.8 cm³/mol. The summed E-state index contributed by atoms with van der Waals surface area (Å²) < 4.78 is 23.6. The molecule has 0 saturated heterocycles. The van der Waals surface area contributed by atoms with Crippen molar-refractivity contribution < 1.29 is 13.5 Å². The SMILES string of the molecule is COCCNCc1cc(F)ccc1N(C)Cc1ccoc1. The summed E-state index contributed by atoms with van der Waals surface area (Å²) in [5, 5.41) is 3.25. The highest BCUT2D eigenvalue weighted by Gasteiger charge is 2.10. The molecule has 0 aliphatic carbocycles. The first kappa shape index (κ1) is 15.5. The molecule has 2 rings (SSSR count). The van der Waals surface area contributed by atoms with Crippen LogP contribution in [-0.4, -0.2) is 27.3 Å². The zero-order valence-corrected chi connectivity index (χ0v) is 12.4. The summed E-state index contributed by atoms with van der Waals surface area (Å²) in [6, 6.07) is 6.79. The fourth-order valence-corrected chi connectivity index (χ4v) is 2.21. The second-order valence-electron chi connectivity index (χ2n) is 4.93. The normalized spacial score (nSPS) is 10.8. The van der Waals surface area contributed by atoms with Crippen LogP contribution >= 0.6 is 0 Å². The highest BCUT2D eigenvalue weighted by Crippen LogP contribution is 2.22. The molecule has 114 valence electrons. The van der Waals surface area contributed by atoms with Crippen LogP contribution in [0.4, 0.5) is 10.1 Å². The standard InChI is InChI=1S/C16H21FN2O2/c1-19(11-13-5-7-21-12-13)16-4-3-15(17)9-14(16)10-18-6-8-20-2/h3-5,7,9,12,18H,6,8,10-11H2,1-2H3. The zero-order chi connectivity index (χ0) is 15.1. The lowest BCUT2D eigenvalue weighted by Gasteiger charge is -2.22. The molecule has 1 aromatic carbocycles. The van der Waals surface area contributed by atoms with Crippen molar-refractivity contribution in [1.82, 2.24) is 5.32 Å². The Labute approximate surface area is 124 Å². The minimum atomic E-state index is -0.223. The van der Waals surface area contributed by atoms with Crippen LogP contribution in [0, 0.1) is 5.82 Å². The Morgan fingerprint density at radius 2 is 2.19 bits per heavy atom. The number of hydrogen-bond acceptors (Lipinski definition) is 4. The summed E-state index contributed by atoms with van der Waals surface area (Å²) in [5.74, 6) is -0.223. The second kappa shape index (κ2) is 7.81. The number of nitrogens with zero attached hydrogens (tertiary/aromatic N) is 1. The Balaban J connectivity index is 2.06. The van der Waals surface area contributed by atoms with Gasteiger partial charge in [0.25, 0.3) is 0 Å². The Kier molecular flexibility index (Phi) is 5.78. The summed E-state index contributed by atoms with van der Waals surface area (Å²) in [6.45, 7) is 2.69. The number of rotatable bonds is 8. The van der Waals surface area contributed by atoms with E-state index < -0.39 is 0 Å². The maximum atomic E-state index is 13.5. The summed E-state index contributed by atoms with van der Waals surface area (Å²) >= 11 is 0. The number of nitrogens with one attached hydrogen (secondary N) is 1. The molecule has 5 heteroatoms. The van der Waals surface area contributed by atoms with Gasteiger partial charge in [0.15, 0.2) is 0 Å². The number of furan rings is 1. The van der Waals surface area contributed by atoms with E-state index in [1.807, 2.05) is 19.2 Å². The molecule has 2 aromatic rings. The number of benzene rings is 1. The third-order valence-corrected chi connectivity index (χ3v) is 3.25. The Morgan fingerprint density at radius 1 is 1.33 bits per heavy atom. The van der Waals surface area contributed by atoms with Gasteiger partial charge >= 0.3 is 0 Å². The van der Waals surface area contributed by atoms with E-state index in [2.05, 4.69) is 10.2 Å². The number of anilines is 1. The molecule has 1 aromatic heterocycles. The fraction of sp³-hybridized carbons (Fsp3) is 0.375. The van der Waals surface area contributed by atoms with Crippen LogP contribution in [0.5, 0.6) is 0 Å². The van der Waals surface area contributed by atoms with Crippen molar-refractivity contribution in [3.05, 3.63) is 53.7 Å². The van der Waals surface area contributed by atoms with Gasteiger partial charge in [0.1, 0.15) is 5.82 Å². The molecule has 0 unspecified atom stereocenters. The summed E-state index contributed by atoms with van der Waals surface area (Å²) in [7, 11) is 3.65. The lowest BCUT2D eigenvalue weighted by Crippen LogP contribution is -2.22. The van der Waals surface area contributed by atoms with Gasteiger partial charge in [-0.2, -0.15) is 0 Å². The Hall–Kier alpha value is -1.85. The van der Waals surface area contributed by atoms with E-state index in [0.717, 1.165) is 23.4 Å². The molecule has 21 heavy (non-hydrogen) atoms. The first-order valence-electron chi connectivity index (χ1n) is 6.91. The van der Waals surface area contributed by atoms with Gasteiger partial charge in [0.2, 0.25) is 0 Å². The zero-order valence-electron chi connectivity index (χ0n) is 12.4. The van der Waals surface area contributed by atoms with Crippen LogP contribution in [-0.2, 0) is 17.8 Å².